The van der Waals surface area contributed by atoms with E-state index in [4.69, 9.17) is 14.2 Å². The molecule has 0 bridgehead atoms. The van der Waals surface area contributed by atoms with E-state index >= 15 is 0 Å². The van der Waals surface area contributed by atoms with Crippen LogP contribution in [0, 0.1) is 16.2 Å². The number of carbonyl (C=O) groups is 3. The summed E-state index contributed by atoms with van der Waals surface area (Å²) >= 11 is 0. The Kier molecular flexibility index (Phi) is 20.8. The quantitative estimate of drug-likeness (QED) is 0.0190. The molecule has 2 aliphatic heterocycles. The van der Waals surface area contributed by atoms with Crippen LogP contribution in [0.4, 0.5) is 11.4 Å². The fourth-order valence-corrected chi connectivity index (χ4v) is 13.1. The van der Waals surface area contributed by atoms with E-state index < -0.39 is 16.2 Å². The number of hydrogen-bond donors (Lipinski definition) is 1. The fourth-order valence-electron chi connectivity index (χ4n) is 13.1. The van der Waals surface area contributed by atoms with Crippen molar-refractivity contribution in [3.8, 4) is 0 Å². The molecular formula is C72H102N4O6+2. The average Bonchev–Trinajstić information content (AvgIpc) is 2.01. The van der Waals surface area contributed by atoms with Crippen molar-refractivity contribution in [2.24, 2.45) is 16.2 Å². The second kappa shape index (κ2) is 26.8. The summed E-state index contributed by atoms with van der Waals surface area (Å²) in [6.45, 7) is 30.3. The molecule has 2 heterocycles. The molecule has 0 saturated heterocycles. The molecule has 4 aromatic carbocycles. The molecule has 0 spiro atoms. The first kappa shape index (κ1) is 63.7. The highest BCUT2D eigenvalue weighted by Gasteiger charge is 2.47. The number of nitrogens with one attached hydrogen (secondary N) is 1. The Morgan fingerprint density at radius 1 is 0.683 bits per heavy atom. The number of carbonyl (C=O) groups excluding carboxylic acids is 3. The number of fused-ring (bicyclic) bond motifs is 6. The summed E-state index contributed by atoms with van der Waals surface area (Å²) in [5.41, 5.74) is 9.59. The number of esters is 2. The lowest BCUT2D eigenvalue weighted by Crippen LogP contribution is -2.44. The topological polar surface area (TPSA) is 97.2 Å². The van der Waals surface area contributed by atoms with Gasteiger partial charge in [0.05, 0.1) is 43.5 Å². The van der Waals surface area contributed by atoms with E-state index in [-0.39, 0.29) is 42.0 Å². The number of anilines is 1. The highest BCUT2D eigenvalue weighted by Crippen LogP contribution is 2.52. The van der Waals surface area contributed by atoms with Crippen LogP contribution in [0.3, 0.4) is 0 Å². The van der Waals surface area contributed by atoms with Crippen molar-refractivity contribution in [2.75, 3.05) is 72.2 Å². The molecule has 0 saturated carbocycles. The second-order valence-corrected chi connectivity index (χ2v) is 26.5. The monoisotopic (exact) mass is 1120 g/mol. The fraction of sp³-hybridized carbons (Fsp3) is 0.556. The van der Waals surface area contributed by atoms with Gasteiger partial charge in [-0.05, 0) is 154 Å². The van der Waals surface area contributed by atoms with Crippen molar-refractivity contribution in [1.29, 1.82) is 0 Å². The number of hydrogen-bond acceptors (Lipinski definition) is 7. The van der Waals surface area contributed by atoms with E-state index in [1.165, 1.54) is 72.2 Å². The number of unbranched alkanes of at least 4 members (excludes halogenated alkanes) is 1. The summed E-state index contributed by atoms with van der Waals surface area (Å²) in [7, 11) is 6.06. The molecule has 1 N–H and O–H groups in total. The van der Waals surface area contributed by atoms with Gasteiger partial charge in [-0.2, -0.15) is 4.58 Å². The lowest BCUT2D eigenvalue weighted by atomic mass is 9.70. The Morgan fingerprint density at radius 2 is 1.29 bits per heavy atom. The normalized spacial score (nSPS) is 19.0. The maximum atomic E-state index is 14.3. The first-order valence-corrected chi connectivity index (χ1v) is 31.2. The van der Waals surface area contributed by atoms with Gasteiger partial charge >= 0.3 is 11.9 Å². The lowest BCUT2D eigenvalue weighted by molar-refractivity contribution is -0.890. The van der Waals surface area contributed by atoms with Gasteiger partial charge in [-0.25, -0.2) is 0 Å². The van der Waals surface area contributed by atoms with Crippen LogP contribution in [0.15, 0.2) is 120 Å². The van der Waals surface area contributed by atoms with Gasteiger partial charge in [-0.15, -0.1) is 0 Å². The van der Waals surface area contributed by atoms with Crippen molar-refractivity contribution < 1.29 is 37.7 Å². The zero-order chi connectivity index (χ0) is 59.7. The number of allylic oxidation sites excluding steroid dienone is 7. The average molecular weight is 1120 g/mol. The van der Waals surface area contributed by atoms with Crippen molar-refractivity contribution in [1.82, 2.24) is 5.32 Å². The molecule has 1 aliphatic carbocycles. The number of methoxy groups -OCH3 is 1. The third-order valence-corrected chi connectivity index (χ3v) is 19.3. The van der Waals surface area contributed by atoms with Gasteiger partial charge in [0.25, 0.3) is 0 Å². The number of likely N-dealkylation sites (N-methyl/N-ethyl adjacent to an activating group) is 1. The minimum atomic E-state index is -0.892. The minimum absolute atomic E-state index is 0.0985. The summed E-state index contributed by atoms with van der Waals surface area (Å²) < 4.78 is 20.5. The number of rotatable bonds is 29. The molecule has 10 nitrogen and oxygen atoms in total. The molecule has 1 amide bonds. The van der Waals surface area contributed by atoms with Crippen molar-refractivity contribution in [3.63, 3.8) is 0 Å². The van der Waals surface area contributed by atoms with E-state index in [1.54, 1.807) is 7.11 Å². The molecule has 10 heteroatoms. The zero-order valence-electron chi connectivity index (χ0n) is 53.2. The highest BCUT2D eigenvalue weighted by atomic mass is 16.5. The van der Waals surface area contributed by atoms with Gasteiger partial charge in [0.15, 0.2) is 5.71 Å². The summed E-state index contributed by atoms with van der Waals surface area (Å²) in [4.78, 5) is 44.1. The summed E-state index contributed by atoms with van der Waals surface area (Å²) in [5.74, 6) is -0.606. The summed E-state index contributed by atoms with van der Waals surface area (Å²) in [6, 6.07) is 26.9. The van der Waals surface area contributed by atoms with Gasteiger partial charge in [0, 0.05) is 66.4 Å². The van der Waals surface area contributed by atoms with Crippen LogP contribution in [0.25, 0.3) is 21.5 Å². The Balaban J connectivity index is 1.13. The number of ether oxygens (including phenoxy) is 3. The minimum Gasteiger partial charge on any atom is -0.465 e. The Labute approximate surface area is 493 Å². The molecule has 7 rings (SSSR count). The summed E-state index contributed by atoms with van der Waals surface area (Å²) in [5, 5.41) is 8.09. The third kappa shape index (κ3) is 13.5. The first-order chi connectivity index (χ1) is 39.0. The molecule has 0 fully saturated rings. The second-order valence-electron chi connectivity index (χ2n) is 26.5. The maximum absolute atomic E-state index is 14.3. The molecular weight excluding hydrogens is 1020 g/mol. The van der Waals surface area contributed by atoms with Gasteiger partial charge in [-0.3, -0.25) is 14.4 Å². The SMILES string of the molecule is CCCCOC(=O)C(C)(CCC(C)(CC)C(=O)NCOC)CCC(C)(CC)C(=O)OCC[N+](C)(C)CCC1=C(C=CC2=[N+](CCC)c3ccc4ccccc4c3C2(C)C)CCC1=CC=C1N(CCC)c2ccc3ccccc3c2C1(C)C. The van der Waals surface area contributed by atoms with Gasteiger partial charge in [-0.1, -0.05) is 129 Å². The smallest absolute Gasteiger partial charge is 0.311 e. The summed E-state index contributed by atoms with van der Waals surface area (Å²) in [6.07, 6.45) is 19.4. The van der Waals surface area contributed by atoms with E-state index in [0.717, 1.165) is 64.6 Å². The van der Waals surface area contributed by atoms with Crippen LogP contribution >= 0.6 is 0 Å². The highest BCUT2D eigenvalue weighted by molar-refractivity contribution is 6.08. The van der Waals surface area contributed by atoms with Crippen LogP contribution < -0.4 is 10.2 Å². The van der Waals surface area contributed by atoms with E-state index in [0.29, 0.717) is 56.2 Å². The molecule has 4 aromatic rings. The van der Waals surface area contributed by atoms with E-state index in [9.17, 15) is 14.4 Å². The molecule has 3 aliphatic rings. The van der Waals surface area contributed by atoms with Gasteiger partial charge < -0.3 is 28.9 Å². The lowest BCUT2D eigenvalue weighted by Gasteiger charge is -2.36. The molecule has 0 radical (unpaired) electrons. The van der Waals surface area contributed by atoms with E-state index in [1.807, 2.05) is 34.6 Å². The van der Waals surface area contributed by atoms with Crippen molar-refractivity contribution >= 4 is 56.5 Å². The predicted molar refractivity (Wildman–Crippen MR) is 340 cm³/mol. The number of nitrogens with zero attached hydrogens (tertiary/aromatic N) is 3. The molecule has 3 atom stereocenters. The largest absolute Gasteiger partial charge is 0.465 e. The van der Waals surface area contributed by atoms with Crippen LogP contribution in [-0.4, -0.2) is 99.9 Å². The Bertz CT molecular complexity index is 3120. The van der Waals surface area contributed by atoms with Crippen molar-refractivity contribution in [2.45, 2.75) is 177 Å². The van der Waals surface area contributed by atoms with Gasteiger partial charge in [0.2, 0.25) is 11.6 Å². The van der Waals surface area contributed by atoms with Crippen molar-refractivity contribution in [3.05, 3.63) is 131 Å². The molecule has 0 aromatic heterocycles. The number of benzene rings is 4. The van der Waals surface area contributed by atoms with Crippen LogP contribution in [0.1, 0.15) is 178 Å². The zero-order valence-corrected chi connectivity index (χ0v) is 53.2. The molecule has 82 heavy (non-hydrogen) atoms. The molecule has 444 valence electrons. The maximum Gasteiger partial charge on any atom is 0.311 e. The van der Waals surface area contributed by atoms with Gasteiger partial charge in [0.1, 0.15) is 26.4 Å². The number of amides is 1. The van der Waals surface area contributed by atoms with Crippen LogP contribution in [0.5, 0.6) is 0 Å². The standard InChI is InChI=1S/C72H101N4O6/c1-16-21-49-81-67(79)72(12,43-41-70(10,19-4)65(77)73-51-80-15)44-42-71(11,20-5)66(78)82-50-48-76(13,14)47-40-56-54(34-38-61-68(6,7)63-57-28-24-22-26-52(57)32-36-59(63)74(61)45-17-2)30-31-55(56)35-39-62-69(8,9)64-58-29-25-23-27-53(58)33-37-60(64)75(62)46-18-3/h22-29,32-39H,16-21,30-31,40-51H2,1-15H3/q+1/p+1. The predicted octanol–water partition coefficient (Wildman–Crippen LogP) is 15.9. The Morgan fingerprint density at radius 3 is 1.93 bits per heavy atom. The third-order valence-electron chi connectivity index (χ3n) is 19.3. The molecule has 3 unspecified atom stereocenters. The van der Waals surface area contributed by atoms with Crippen LogP contribution in [-0.2, 0) is 39.4 Å². The first-order valence-electron chi connectivity index (χ1n) is 31.2. The van der Waals surface area contributed by atoms with Crippen LogP contribution in [0.2, 0.25) is 0 Å². The van der Waals surface area contributed by atoms with E-state index in [2.05, 4.69) is 174 Å². The number of quaternary nitrogens is 1. The Hall–Kier alpha value is -5.84.